The first-order valence-corrected chi connectivity index (χ1v) is 13.1. The van der Waals surface area contributed by atoms with Crippen molar-refractivity contribution >= 4 is 24.4 Å². The summed E-state index contributed by atoms with van der Waals surface area (Å²) in [4.78, 5) is 34.8. The summed E-state index contributed by atoms with van der Waals surface area (Å²) in [7, 11) is -0.440. The number of carbonyl (C=O) groups excluding carboxylic acids is 2. The first-order valence-electron chi connectivity index (χ1n) is 13.1. The highest BCUT2D eigenvalue weighted by Crippen LogP contribution is 2.52. The molecule has 0 radical (unpaired) electrons. The monoisotopic (exact) mass is 487 g/mol. The van der Waals surface area contributed by atoms with Crippen molar-refractivity contribution in [2.45, 2.75) is 76.5 Å². The Hall–Kier alpha value is -2.71. The van der Waals surface area contributed by atoms with Gasteiger partial charge in [0.1, 0.15) is 5.69 Å². The molecular formula is C28H34BN3O4. The Kier molecular flexibility index (Phi) is 5.36. The number of fused-ring (bicyclic) bond motifs is 2. The number of benzene rings is 1. The smallest absolute Gasteiger partial charge is 0.399 e. The average molecular weight is 487 g/mol. The van der Waals surface area contributed by atoms with E-state index in [0.29, 0.717) is 18.8 Å². The molecule has 0 N–H and O–H groups in total. The van der Waals surface area contributed by atoms with Gasteiger partial charge in [0, 0.05) is 30.6 Å². The highest BCUT2D eigenvalue weighted by molar-refractivity contribution is 6.62. The van der Waals surface area contributed by atoms with Gasteiger partial charge in [-0.15, -0.1) is 0 Å². The number of nitrogens with zero attached hydrogens (tertiary/aromatic N) is 3. The Balaban J connectivity index is 1.24. The second-order valence-electron chi connectivity index (χ2n) is 11.8. The van der Waals surface area contributed by atoms with Gasteiger partial charge in [-0.05, 0) is 82.6 Å². The van der Waals surface area contributed by atoms with Crippen LogP contribution in [0.25, 0.3) is 0 Å². The third-order valence-electron chi connectivity index (χ3n) is 8.78. The Morgan fingerprint density at radius 2 is 1.72 bits per heavy atom. The minimum atomic E-state index is -0.440. The Morgan fingerprint density at radius 1 is 1.03 bits per heavy atom. The number of hydrogen-bond donors (Lipinski definition) is 0. The van der Waals surface area contributed by atoms with Crippen LogP contribution in [0.2, 0.25) is 0 Å². The zero-order chi connectivity index (χ0) is 25.3. The van der Waals surface area contributed by atoms with E-state index in [0.717, 1.165) is 61.1 Å². The van der Waals surface area contributed by atoms with E-state index in [1.54, 1.807) is 6.07 Å². The number of pyridine rings is 1. The molecule has 3 aliphatic heterocycles. The molecule has 1 aromatic carbocycles. The van der Waals surface area contributed by atoms with Crippen LogP contribution in [0.4, 0.5) is 0 Å². The van der Waals surface area contributed by atoms with E-state index in [9.17, 15) is 9.59 Å². The van der Waals surface area contributed by atoms with E-state index in [-0.39, 0.29) is 17.2 Å². The van der Waals surface area contributed by atoms with Gasteiger partial charge in [0.25, 0.3) is 11.8 Å². The number of amides is 2. The molecule has 1 saturated carbocycles. The molecule has 8 heteroatoms. The molecule has 7 nitrogen and oxygen atoms in total. The fourth-order valence-corrected chi connectivity index (χ4v) is 5.68. The summed E-state index contributed by atoms with van der Waals surface area (Å²) in [6.07, 6.45) is 4.20. The SMILES string of the molecule is CC1(C)OB(c2ccc3c(c2)C2(CC2)CN(Cc2cccc(C(=O)N4CCCC4)n2)C3=O)OC1(C)C. The van der Waals surface area contributed by atoms with E-state index < -0.39 is 18.3 Å². The lowest BCUT2D eigenvalue weighted by atomic mass is 9.74. The number of rotatable bonds is 4. The lowest BCUT2D eigenvalue weighted by molar-refractivity contribution is 0.00578. The third-order valence-corrected chi connectivity index (χ3v) is 8.78. The molecule has 0 bridgehead atoms. The zero-order valence-electron chi connectivity index (χ0n) is 21.7. The lowest BCUT2D eigenvalue weighted by Crippen LogP contribution is -2.44. The third kappa shape index (κ3) is 3.86. The topological polar surface area (TPSA) is 72.0 Å². The van der Waals surface area contributed by atoms with Crippen molar-refractivity contribution in [1.29, 1.82) is 0 Å². The van der Waals surface area contributed by atoms with E-state index >= 15 is 0 Å². The highest BCUT2D eigenvalue weighted by atomic mass is 16.7. The van der Waals surface area contributed by atoms with Gasteiger partial charge in [0.05, 0.1) is 23.4 Å². The minimum Gasteiger partial charge on any atom is -0.399 e. The molecule has 0 atom stereocenters. The van der Waals surface area contributed by atoms with Gasteiger partial charge in [-0.25, -0.2) is 4.98 Å². The summed E-state index contributed by atoms with van der Waals surface area (Å²) in [6, 6.07) is 11.6. The molecular weight excluding hydrogens is 453 g/mol. The van der Waals surface area contributed by atoms with Crippen LogP contribution in [0.1, 0.15) is 85.5 Å². The van der Waals surface area contributed by atoms with Crippen LogP contribution in [0, 0.1) is 0 Å². The molecule has 0 unspecified atom stereocenters. The molecule has 3 fully saturated rings. The van der Waals surface area contributed by atoms with E-state index in [1.807, 2.05) is 34.1 Å². The maximum absolute atomic E-state index is 13.6. The van der Waals surface area contributed by atoms with Gasteiger partial charge in [0.2, 0.25) is 0 Å². The van der Waals surface area contributed by atoms with Crippen LogP contribution in [0.3, 0.4) is 0 Å². The van der Waals surface area contributed by atoms with Crippen molar-refractivity contribution < 1.29 is 18.9 Å². The van der Waals surface area contributed by atoms with E-state index in [2.05, 4.69) is 38.7 Å². The molecule has 4 aliphatic rings. The molecule has 1 aliphatic carbocycles. The molecule has 2 aromatic rings. The number of hydrogen-bond acceptors (Lipinski definition) is 5. The normalized spacial score (nSPS) is 23.3. The van der Waals surface area contributed by atoms with Crippen LogP contribution in [-0.4, -0.2) is 64.6 Å². The Bertz CT molecular complexity index is 1220. The van der Waals surface area contributed by atoms with Crippen molar-refractivity contribution in [2.75, 3.05) is 19.6 Å². The number of aromatic nitrogens is 1. The second-order valence-corrected chi connectivity index (χ2v) is 11.8. The standard InChI is InChI=1S/C28H34BN3O4/c1-26(2)27(3,4)36-29(35-26)19-10-11-21-22(16-19)28(12-13-28)18-32(24(21)33)17-20-8-7-9-23(30-20)25(34)31-14-5-6-15-31/h7-11,16H,5-6,12-15,17-18H2,1-4H3. The van der Waals surface area contributed by atoms with Crippen molar-refractivity contribution in [3.63, 3.8) is 0 Å². The highest BCUT2D eigenvalue weighted by Gasteiger charge is 2.54. The molecule has 2 amide bonds. The second kappa shape index (κ2) is 8.15. The van der Waals surface area contributed by atoms with Crippen molar-refractivity contribution in [3.05, 3.63) is 58.9 Å². The Labute approximate surface area is 213 Å². The van der Waals surface area contributed by atoms with Crippen molar-refractivity contribution in [1.82, 2.24) is 14.8 Å². The fourth-order valence-electron chi connectivity index (χ4n) is 5.68. The van der Waals surface area contributed by atoms with Crippen LogP contribution >= 0.6 is 0 Å². The minimum absolute atomic E-state index is 0.0149. The fraction of sp³-hybridized carbons (Fsp3) is 0.536. The van der Waals surface area contributed by atoms with Crippen LogP contribution in [0.15, 0.2) is 36.4 Å². The number of likely N-dealkylation sites (tertiary alicyclic amines) is 1. The van der Waals surface area contributed by atoms with Gasteiger partial charge in [0.15, 0.2) is 0 Å². The predicted octanol–water partition coefficient (Wildman–Crippen LogP) is 3.30. The van der Waals surface area contributed by atoms with E-state index in [1.165, 1.54) is 0 Å². The quantitative estimate of drug-likeness (QED) is 0.619. The molecule has 4 heterocycles. The summed E-state index contributed by atoms with van der Waals surface area (Å²) in [5.41, 5.74) is 3.21. The van der Waals surface area contributed by atoms with Gasteiger partial charge < -0.3 is 19.1 Å². The van der Waals surface area contributed by atoms with Crippen LogP contribution in [-0.2, 0) is 21.3 Å². The van der Waals surface area contributed by atoms with E-state index in [4.69, 9.17) is 9.31 Å². The number of carbonyl (C=O) groups is 2. The molecule has 36 heavy (non-hydrogen) atoms. The summed E-state index contributed by atoms with van der Waals surface area (Å²) in [6.45, 7) is 10.9. The summed E-state index contributed by atoms with van der Waals surface area (Å²) < 4.78 is 12.5. The lowest BCUT2D eigenvalue weighted by Gasteiger charge is -2.35. The summed E-state index contributed by atoms with van der Waals surface area (Å²) >= 11 is 0. The largest absolute Gasteiger partial charge is 0.494 e. The van der Waals surface area contributed by atoms with Gasteiger partial charge in [-0.3, -0.25) is 9.59 Å². The van der Waals surface area contributed by atoms with Gasteiger partial charge in [-0.1, -0.05) is 18.2 Å². The molecule has 1 aromatic heterocycles. The molecule has 188 valence electrons. The summed E-state index contributed by atoms with van der Waals surface area (Å²) in [5.74, 6) is -0.000342. The molecule has 1 spiro atoms. The zero-order valence-corrected chi connectivity index (χ0v) is 21.7. The molecule has 2 saturated heterocycles. The van der Waals surface area contributed by atoms with Crippen molar-refractivity contribution in [2.24, 2.45) is 0 Å². The first kappa shape index (κ1) is 23.7. The maximum Gasteiger partial charge on any atom is 0.494 e. The predicted molar refractivity (Wildman–Crippen MR) is 137 cm³/mol. The van der Waals surface area contributed by atoms with Crippen LogP contribution < -0.4 is 5.46 Å². The van der Waals surface area contributed by atoms with Gasteiger partial charge >= 0.3 is 7.12 Å². The average Bonchev–Trinajstić information content (AvgIpc) is 3.30. The van der Waals surface area contributed by atoms with Gasteiger partial charge in [-0.2, -0.15) is 0 Å². The van der Waals surface area contributed by atoms with Crippen LogP contribution in [0.5, 0.6) is 0 Å². The molecule has 6 rings (SSSR count). The summed E-state index contributed by atoms with van der Waals surface area (Å²) in [5, 5.41) is 0. The van der Waals surface area contributed by atoms with Crippen molar-refractivity contribution in [3.8, 4) is 0 Å². The maximum atomic E-state index is 13.6. The first-order chi connectivity index (χ1) is 17.1. The Morgan fingerprint density at radius 3 is 2.39 bits per heavy atom.